The number of carbonyl (C=O) groups excluding carboxylic acids is 2. The van der Waals surface area contributed by atoms with Gasteiger partial charge in [0.15, 0.2) is 0 Å². The highest BCUT2D eigenvalue weighted by atomic mass is 16.2. The van der Waals surface area contributed by atoms with Crippen LogP contribution in [0, 0.1) is 11.3 Å². The highest BCUT2D eigenvalue weighted by Crippen LogP contribution is 2.16. The molecule has 0 aliphatic carbocycles. The summed E-state index contributed by atoms with van der Waals surface area (Å²) < 4.78 is 1.46. The Morgan fingerprint density at radius 1 is 1.10 bits per heavy atom. The van der Waals surface area contributed by atoms with Gasteiger partial charge in [-0.05, 0) is 48.9 Å². The summed E-state index contributed by atoms with van der Waals surface area (Å²) in [5.74, 6) is -0.555. The number of nitrogens with zero attached hydrogens (tertiary/aromatic N) is 4. The molecule has 2 aromatic carbocycles. The minimum Gasteiger partial charge on any atom is -0.324 e. The number of hydrogen-bond donors (Lipinski definition) is 2. The summed E-state index contributed by atoms with van der Waals surface area (Å²) in [7, 11) is 0. The molecule has 2 N–H and O–H groups in total. The Morgan fingerprint density at radius 2 is 1.79 bits per heavy atom. The van der Waals surface area contributed by atoms with E-state index in [4.69, 9.17) is 5.26 Å². The zero-order valence-corrected chi connectivity index (χ0v) is 15.6. The molecule has 1 heterocycles. The molecule has 0 spiro atoms. The standard InChI is InChI=1S/C21H18N6O2/c1-15(27-14-23-13-24-27)21(29)26-19-9-7-18(8-10-19)25-20(28)11-6-16-4-2-3-5-17(16)12-22/h2-11,13-15H,1H3,(H,25,28)(H,26,29)/b11-6+. The molecule has 0 aliphatic heterocycles. The van der Waals surface area contributed by atoms with Crippen LogP contribution >= 0.6 is 0 Å². The van der Waals surface area contributed by atoms with Gasteiger partial charge in [-0.1, -0.05) is 18.2 Å². The van der Waals surface area contributed by atoms with E-state index in [1.165, 1.54) is 23.4 Å². The normalized spacial score (nSPS) is 11.6. The number of rotatable bonds is 6. The van der Waals surface area contributed by atoms with Crippen molar-refractivity contribution in [1.82, 2.24) is 14.8 Å². The fraction of sp³-hybridized carbons (Fsp3) is 0.0952. The zero-order chi connectivity index (χ0) is 20.6. The number of benzene rings is 2. The van der Waals surface area contributed by atoms with Crippen molar-refractivity contribution in [1.29, 1.82) is 5.26 Å². The summed E-state index contributed by atoms with van der Waals surface area (Å²) in [6.45, 7) is 1.72. The van der Waals surface area contributed by atoms with Crippen LogP contribution in [0.2, 0.25) is 0 Å². The van der Waals surface area contributed by atoms with Crippen molar-refractivity contribution in [2.75, 3.05) is 10.6 Å². The molecule has 0 bridgehead atoms. The second-order valence-corrected chi connectivity index (χ2v) is 6.14. The summed E-state index contributed by atoms with van der Waals surface area (Å²) >= 11 is 0. The predicted molar refractivity (Wildman–Crippen MR) is 109 cm³/mol. The third-order valence-corrected chi connectivity index (χ3v) is 4.13. The van der Waals surface area contributed by atoms with E-state index in [1.807, 2.05) is 0 Å². The minimum absolute atomic E-state index is 0.230. The summed E-state index contributed by atoms with van der Waals surface area (Å²) in [5, 5.41) is 18.5. The Kier molecular flexibility index (Phi) is 6.12. The number of anilines is 2. The largest absolute Gasteiger partial charge is 0.324 e. The van der Waals surface area contributed by atoms with Crippen LogP contribution in [-0.4, -0.2) is 26.6 Å². The van der Waals surface area contributed by atoms with E-state index in [1.54, 1.807) is 61.5 Å². The van der Waals surface area contributed by atoms with Gasteiger partial charge in [0.05, 0.1) is 11.6 Å². The van der Waals surface area contributed by atoms with E-state index in [0.717, 1.165) is 0 Å². The molecule has 1 unspecified atom stereocenters. The van der Waals surface area contributed by atoms with Crippen molar-refractivity contribution in [3.8, 4) is 6.07 Å². The maximum atomic E-state index is 12.2. The van der Waals surface area contributed by atoms with Crippen LogP contribution < -0.4 is 10.6 Å². The summed E-state index contributed by atoms with van der Waals surface area (Å²) in [4.78, 5) is 28.2. The first kappa shape index (κ1) is 19.5. The topological polar surface area (TPSA) is 113 Å². The lowest BCUT2D eigenvalue weighted by Crippen LogP contribution is -2.24. The molecule has 0 fully saturated rings. The van der Waals surface area contributed by atoms with Crippen LogP contribution in [0.1, 0.15) is 24.1 Å². The van der Waals surface area contributed by atoms with Crippen LogP contribution in [-0.2, 0) is 9.59 Å². The van der Waals surface area contributed by atoms with Crippen LogP contribution in [0.15, 0.2) is 67.3 Å². The Bertz CT molecular complexity index is 1070. The van der Waals surface area contributed by atoms with E-state index in [2.05, 4.69) is 26.8 Å². The number of nitrogens with one attached hydrogen (secondary N) is 2. The third-order valence-electron chi connectivity index (χ3n) is 4.13. The number of carbonyl (C=O) groups is 2. The molecule has 0 radical (unpaired) electrons. The van der Waals surface area contributed by atoms with Gasteiger partial charge in [-0.3, -0.25) is 9.59 Å². The molecule has 2 amide bonds. The smallest absolute Gasteiger partial charge is 0.249 e. The molecule has 8 heteroatoms. The van der Waals surface area contributed by atoms with Crippen LogP contribution in [0.25, 0.3) is 6.08 Å². The molecule has 0 saturated heterocycles. The monoisotopic (exact) mass is 386 g/mol. The highest BCUT2D eigenvalue weighted by molar-refractivity contribution is 6.02. The Balaban J connectivity index is 1.57. The average Bonchev–Trinajstić information content (AvgIpc) is 3.28. The number of hydrogen-bond acceptors (Lipinski definition) is 5. The van der Waals surface area contributed by atoms with Crippen LogP contribution in [0.3, 0.4) is 0 Å². The molecular formula is C21H18N6O2. The lowest BCUT2D eigenvalue weighted by Gasteiger charge is -2.12. The summed E-state index contributed by atoms with van der Waals surface area (Å²) in [6, 6.07) is 15.4. The van der Waals surface area contributed by atoms with E-state index in [-0.39, 0.29) is 11.8 Å². The second kappa shape index (κ2) is 9.10. The molecule has 3 rings (SSSR count). The van der Waals surface area contributed by atoms with Crippen molar-refractivity contribution in [3.05, 3.63) is 78.4 Å². The first-order chi connectivity index (χ1) is 14.1. The quantitative estimate of drug-likeness (QED) is 0.632. The van der Waals surface area contributed by atoms with Crippen molar-refractivity contribution in [2.45, 2.75) is 13.0 Å². The number of aromatic nitrogens is 3. The highest BCUT2D eigenvalue weighted by Gasteiger charge is 2.15. The van der Waals surface area contributed by atoms with Gasteiger partial charge in [0.25, 0.3) is 0 Å². The van der Waals surface area contributed by atoms with E-state index in [0.29, 0.717) is 22.5 Å². The predicted octanol–water partition coefficient (Wildman–Crippen LogP) is 3.00. The third kappa shape index (κ3) is 5.14. The fourth-order valence-electron chi connectivity index (χ4n) is 2.51. The van der Waals surface area contributed by atoms with Gasteiger partial charge in [-0.2, -0.15) is 10.4 Å². The van der Waals surface area contributed by atoms with E-state index >= 15 is 0 Å². The average molecular weight is 386 g/mol. The summed E-state index contributed by atoms with van der Waals surface area (Å²) in [5.41, 5.74) is 2.34. The van der Waals surface area contributed by atoms with Crippen molar-refractivity contribution >= 4 is 29.3 Å². The molecule has 1 aromatic heterocycles. The molecular weight excluding hydrogens is 368 g/mol. The molecule has 144 valence electrons. The van der Waals surface area contributed by atoms with Crippen molar-refractivity contribution in [2.24, 2.45) is 0 Å². The second-order valence-electron chi connectivity index (χ2n) is 6.14. The summed E-state index contributed by atoms with van der Waals surface area (Å²) in [6.07, 6.45) is 5.81. The zero-order valence-electron chi connectivity index (χ0n) is 15.6. The van der Waals surface area contributed by atoms with Crippen LogP contribution in [0.5, 0.6) is 0 Å². The van der Waals surface area contributed by atoms with E-state index in [9.17, 15) is 9.59 Å². The van der Waals surface area contributed by atoms with Gasteiger partial charge in [0.2, 0.25) is 11.8 Å². The Morgan fingerprint density at radius 3 is 2.45 bits per heavy atom. The van der Waals surface area contributed by atoms with Gasteiger partial charge in [0.1, 0.15) is 18.7 Å². The molecule has 1 atom stereocenters. The van der Waals surface area contributed by atoms with Crippen molar-refractivity contribution in [3.63, 3.8) is 0 Å². The van der Waals surface area contributed by atoms with Crippen LogP contribution in [0.4, 0.5) is 11.4 Å². The fourth-order valence-corrected chi connectivity index (χ4v) is 2.51. The lowest BCUT2D eigenvalue weighted by molar-refractivity contribution is -0.119. The lowest BCUT2D eigenvalue weighted by atomic mass is 10.1. The van der Waals surface area contributed by atoms with Gasteiger partial charge < -0.3 is 10.6 Å². The first-order valence-corrected chi connectivity index (χ1v) is 8.80. The van der Waals surface area contributed by atoms with Gasteiger partial charge in [-0.25, -0.2) is 9.67 Å². The molecule has 0 aliphatic rings. The molecule has 0 saturated carbocycles. The molecule has 3 aromatic rings. The number of amides is 2. The first-order valence-electron chi connectivity index (χ1n) is 8.80. The minimum atomic E-state index is -0.502. The maximum absolute atomic E-state index is 12.2. The van der Waals surface area contributed by atoms with Crippen molar-refractivity contribution < 1.29 is 9.59 Å². The van der Waals surface area contributed by atoms with Gasteiger partial charge in [0, 0.05) is 17.5 Å². The Labute approximate surface area is 167 Å². The maximum Gasteiger partial charge on any atom is 0.249 e. The van der Waals surface area contributed by atoms with Gasteiger partial charge >= 0.3 is 0 Å². The SMILES string of the molecule is CC(C(=O)Nc1ccc(NC(=O)/C=C/c2ccccc2C#N)cc1)n1cncn1. The number of nitriles is 1. The Hall–Kier alpha value is -4.25. The van der Waals surface area contributed by atoms with E-state index < -0.39 is 6.04 Å². The molecule has 8 nitrogen and oxygen atoms in total. The molecule has 29 heavy (non-hydrogen) atoms. The van der Waals surface area contributed by atoms with Gasteiger partial charge in [-0.15, -0.1) is 0 Å².